The lowest BCUT2D eigenvalue weighted by Crippen LogP contribution is -2.59. The first-order valence-corrected chi connectivity index (χ1v) is 9.44. The van der Waals surface area contributed by atoms with Crippen LogP contribution in [-0.4, -0.2) is 57.5 Å². The van der Waals surface area contributed by atoms with E-state index in [9.17, 15) is 29.3 Å². The smallest absolute Gasteiger partial charge is 0.326 e. The third-order valence-corrected chi connectivity index (χ3v) is 5.69. The van der Waals surface area contributed by atoms with E-state index in [2.05, 4.69) is 0 Å². The molecule has 2 aromatic rings. The minimum absolute atomic E-state index is 0.0363. The van der Waals surface area contributed by atoms with Gasteiger partial charge < -0.3 is 4.90 Å². The lowest BCUT2D eigenvalue weighted by molar-refractivity contribution is -0.384. The van der Waals surface area contributed by atoms with Crippen molar-refractivity contribution in [1.82, 2.24) is 14.7 Å². The molecule has 2 heterocycles. The maximum absolute atomic E-state index is 13.2. The molecule has 4 rings (SSSR count). The van der Waals surface area contributed by atoms with Crippen LogP contribution in [0.25, 0.3) is 0 Å². The third-order valence-electron chi connectivity index (χ3n) is 5.69. The average molecular weight is 422 g/mol. The summed E-state index contributed by atoms with van der Waals surface area (Å²) in [4.78, 5) is 64.8. The molecule has 10 heteroatoms. The van der Waals surface area contributed by atoms with Crippen LogP contribution < -0.4 is 0 Å². The Hall–Kier alpha value is -4.08. The number of imide groups is 2. The van der Waals surface area contributed by atoms with Crippen LogP contribution in [0.15, 0.2) is 48.5 Å². The van der Waals surface area contributed by atoms with E-state index in [1.807, 2.05) is 0 Å². The summed E-state index contributed by atoms with van der Waals surface area (Å²) < 4.78 is 0. The van der Waals surface area contributed by atoms with E-state index in [0.717, 1.165) is 9.80 Å². The Morgan fingerprint density at radius 2 is 1.48 bits per heavy atom. The zero-order valence-corrected chi connectivity index (χ0v) is 16.7. The Bertz CT molecular complexity index is 1100. The monoisotopic (exact) mass is 422 g/mol. The Morgan fingerprint density at radius 1 is 0.903 bits per heavy atom. The van der Waals surface area contributed by atoms with Gasteiger partial charge in [0.15, 0.2) is 0 Å². The van der Waals surface area contributed by atoms with E-state index in [4.69, 9.17) is 0 Å². The Labute approximate surface area is 176 Å². The number of nitro groups is 1. The minimum Gasteiger partial charge on any atom is -0.326 e. The van der Waals surface area contributed by atoms with Crippen molar-refractivity contribution >= 4 is 29.4 Å². The molecule has 0 N–H and O–H groups in total. The quantitative estimate of drug-likeness (QED) is 0.422. The molecule has 1 atom stereocenters. The standard InChI is InChI=1S/C21H18N4O6/c1-22-19(27)16(20(28)23(2)21(22)29)17-14-5-3-4-6-15(14)18(26)24(17)11-12-7-9-13(10-8-12)25(30)31/h3-10,16-17H,11H2,1-2H3/t17-/m0/s1. The lowest BCUT2D eigenvalue weighted by Gasteiger charge is -2.38. The predicted octanol–water partition coefficient (Wildman–Crippen LogP) is 1.96. The number of nitro benzene ring substituents is 1. The Balaban J connectivity index is 1.76. The highest BCUT2D eigenvalue weighted by molar-refractivity contribution is 6.17. The number of fused-ring (bicyclic) bond motifs is 1. The molecule has 0 spiro atoms. The van der Waals surface area contributed by atoms with Gasteiger partial charge in [0.25, 0.3) is 11.6 Å². The average Bonchev–Trinajstić information content (AvgIpc) is 3.03. The summed E-state index contributed by atoms with van der Waals surface area (Å²) in [5.41, 5.74) is 1.41. The maximum Gasteiger partial charge on any atom is 0.332 e. The van der Waals surface area contributed by atoms with Crippen LogP contribution in [0, 0.1) is 16.0 Å². The summed E-state index contributed by atoms with van der Waals surface area (Å²) in [6.07, 6.45) is 0. The van der Waals surface area contributed by atoms with Crippen molar-refractivity contribution in [3.05, 3.63) is 75.3 Å². The molecule has 2 aliphatic heterocycles. The van der Waals surface area contributed by atoms with E-state index in [0.29, 0.717) is 16.7 Å². The maximum atomic E-state index is 13.2. The van der Waals surface area contributed by atoms with Crippen molar-refractivity contribution in [2.75, 3.05) is 14.1 Å². The van der Waals surface area contributed by atoms with Crippen molar-refractivity contribution in [2.45, 2.75) is 12.6 Å². The van der Waals surface area contributed by atoms with Gasteiger partial charge in [-0.05, 0) is 17.2 Å². The molecule has 1 fully saturated rings. The van der Waals surface area contributed by atoms with Crippen molar-refractivity contribution in [2.24, 2.45) is 5.92 Å². The first-order valence-electron chi connectivity index (χ1n) is 9.44. The summed E-state index contributed by atoms with van der Waals surface area (Å²) >= 11 is 0. The van der Waals surface area contributed by atoms with Crippen LogP contribution in [0.1, 0.15) is 27.5 Å². The van der Waals surface area contributed by atoms with Crippen LogP contribution in [0.5, 0.6) is 0 Å². The number of hydrogen-bond acceptors (Lipinski definition) is 6. The number of carbonyl (C=O) groups excluding carboxylic acids is 4. The number of rotatable bonds is 4. The van der Waals surface area contributed by atoms with E-state index in [1.54, 1.807) is 24.3 Å². The number of carbonyl (C=O) groups is 4. The molecule has 2 aliphatic rings. The number of benzene rings is 2. The van der Waals surface area contributed by atoms with Gasteiger partial charge in [0.1, 0.15) is 5.92 Å². The zero-order chi connectivity index (χ0) is 22.4. The number of hydrogen-bond donors (Lipinski definition) is 0. The largest absolute Gasteiger partial charge is 0.332 e. The normalized spacial score (nSPS) is 19.3. The van der Waals surface area contributed by atoms with Gasteiger partial charge in [-0.15, -0.1) is 0 Å². The molecule has 5 amide bonds. The van der Waals surface area contributed by atoms with Gasteiger partial charge in [-0.25, -0.2) is 4.79 Å². The van der Waals surface area contributed by atoms with Crippen molar-refractivity contribution in [1.29, 1.82) is 0 Å². The number of nitrogens with zero attached hydrogens (tertiary/aromatic N) is 4. The van der Waals surface area contributed by atoms with Gasteiger partial charge in [0.2, 0.25) is 11.8 Å². The van der Waals surface area contributed by atoms with Crippen molar-refractivity contribution < 1.29 is 24.1 Å². The highest BCUT2D eigenvalue weighted by Gasteiger charge is 2.52. The Kier molecular flexibility index (Phi) is 4.77. The molecule has 1 saturated heterocycles. The molecule has 0 aliphatic carbocycles. The molecule has 2 aromatic carbocycles. The topological polar surface area (TPSA) is 121 Å². The molecule has 0 unspecified atom stereocenters. The first-order chi connectivity index (χ1) is 14.7. The number of amides is 5. The third kappa shape index (κ3) is 3.12. The van der Waals surface area contributed by atoms with Crippen LogP contribution in [-0.2, 0) is 16.1 Å². The lowest BCUT2D eigenvalue weighted by atomic mass is 9.89. The molecule has 0 bridgehead atoms. The SMILES string of the molecule is CN1C(=O)C([C@@H]2c3ccccc3C(=O)N2Cc2ccc([N+](=O)[O-])cc2)C(=O)N(C)C1=O. The molecule has 0 radical (unpaired) electrons. The summed E-state index contributed by atoms with van der Waals surface area (Å²) in [5.74, 6) is -3.01. The second kappa shape index (κ2) is 7.31. The fraction of sp³-hybridized carbons (Fsp3) is 0.238. The highest BCUT2D eigenvalue weighted by Crippen LogP contribution is 2.42. The van der Waals surface area contributed by atoms with E-state index in [-0.39, 0.29) is 18.1 Å². The van der Waals surface area contributed by atoms with Gasteiger partial charge in [0.05, 0.1) is 11.0 Å². The van der Waals surface area contributed by atoms with Gasteiger partial charge >= 0.3 is 6.03 Å². The molecule has 0 saturated carbocycles. The molecular weight excluding hydrogens is 404 g/mol. The second-order valence-corrected chi connectivity index (χ2v) is 7.44. The molecule has 10 nitrogen and oxygen atoms in total. The van der Waals surface area contributed by atoms with Crippen LogP contribution in [0.2, 0.25) is 0 Å². The van der Waals surface area contributed by atoms with E-state index >= 15 is 0 Å². The molecule has 158 valence electrons. The van der Waals surface area contributed by atoms with Crippen molar-refractivity contribution in [3.63, 3.8) is 0 Å². The summed E-state index contributed by atoms with van der Waals surface area (Å²) in [5, 5.41) is 10.9. The second-order valence-electron chi connectivity index (χ2n) is 7.44. The number of barbiturate groups is 1. The van der Waals surface area contributed by atoms with Gasteiger partial charge in [-0.1, -0.05) is 30.3 Å². The first kappa shape index (κ1) is 20.2. The fourth-order valence-electron chi connectivity index (χ4n) is 4.05. The fourth-order valence-corrected chi connectivity index (χ4v) is 4.05. The van der Waals surface area contributed by atoms with Crippen molar-refractivity contribution in [3.8, 4) is 0 Å². The van der Waals surface area contributed by atoms with E-state index in [1.165, 1.54) is 43.3 Å². The molecule has 31 heavy (non-hydrogen) atoms. The molecule has 0 aromatic heterocycles. The zero-order valence-electron chi connectivity index (χ0n) is 16.7. The highest BCUT2D eigenvalue weighted by atomic mass is 16.6. The summed E-state index contributed by atoms with van der Waals surface area (Å²) in [6.45, 7) is 0.0363. The van der Waals surface area contributed by atoms with Gasteiger partial charge in [0, 0.05) is 38.3 Å². The van der Waals surface area contributed by atoms with Gasteiger partial charge in [-0.3, -0.25) is 34.3 Å². The van der Waals surface area contributed by atoms with Crippen LogP contribution in [0.3, 0.4) is 0 Å². The van der Waals surface area contributed by atoms with Crippen LogP contribution >= 0.6 is 0 Å². The van der Waals surface area contributed by atoms with E-state index < -0.39 is 34.7 Å². The molecular formula is C21H18N4O6. The minimum atomic E-state index is -1.28. The summed E-state index contributed by atoms with van der Waals surface area (Å²) in [7, 11) is 2.59. The summed E-state index contributed by atoms with van der Waals surface area (Å²) in [6, 6.07) is 10.8. The van der Waals surface area contributed by atoms with Gasteiger partial charge in [-0.2, -0.15) is 0 Å². The Morgan fingerprint density at radius 3 is 2.06 bits per heavy atom. The van der Waals surface area contributed by atoms with Crippen LogP contribution in [0.4, 0.5) is 10.5 Å². The predicted molar refractivity (Wildman–Crippen MR) is 107 cm³/mol. The number of urea groups is 1. The number of non-ortho nitro benzene ring substituents is 1.